The van der Waals surface area contributed by atoms with Gasteiger partial charge in [0.1, 0.15) is 0 Å². The summed E-state index contributed by atoms with van der Waals surface area (Å²) in [5, 5.41) is 0. The Bertz CT molecular complexity index is 1880. The minimum atomic E-state index is -0.337. The van der Waals surface area contributed by atoms with Gasteiger partial charge in [0.25, 0.3) is 0 Å². The van der Waals surface area contributed by atoms with Crippen LogP contribution >= 0.6 is 0 Å². The second kappa shape index (κ2) is 10.7. The van der Waals surface area contributed by atoms with Crippen molar-refractivity contribution in [3.05, 3.63) is 153 Å². The van der Waals surface area contributed by atoms with Crippen LogP contribution in [0.5, 0.6) is 0 Å². The summed E-state index contributed by atoms with van der Waals surface area (Å²) in [5.41, 5.74) is 17.9. The molecular weight excluding hydrogens is 589 g/mol. The predicted molar refractivity (Wildman–Crippen MR) is 209 cm³/mol. The second-order valence-electron chi connectivity index (χ2n) is 18.8. The molecule has 8 rings (SSSR count). The SMILES string of the molecule is Cc1ccc(C(c2ccc(C)cc2)(C2C=CC=C2)C2c3cc4c(cc3-c3cc5c(cc32)C(C)(C)CCC5(C)C)C(C)(C)CCC4(C)C)cc1. The van der Waals surface area contributed by atoms with Crippen molar-refractivity contribution in [2.24, 2.45) is 5.92 Å². The van der Waals surface area contributed by atoms with E-state index in [0.717, 1.165) is 0 Å². The van der Waals surface area contributed by atoms with E-state index in [1.165, 1.54) is 70.2 Å². The number of fused-ring (bicyclic) bond motifs is 5. The molecule has 4 aromatic carbocycles. The van der Waals surface area contributed by atoms with Gasteiger partial charge in [-0.3, -0.25) is 0 Å². The fourth-order valence-electron chi connectivity index (χ4n) is 10.3. The second-order valence-corrected chi connectivity index (χ2v) is 18.8. The van der Waals surface area contributed by atoms with Gasteiger partial charge < -0.3 is 0 Å². The van der Waals surface area contributed by atoms with Crippen molar-refractivity contribution in [2.75, 3.05) is 0 Å². The van der Waals surface area contributed by atoms with E-state index in [9.17, 15) is 0 Å². The fourth-order valence-corrected chi connectivity index (χ4v) is 10.3. The average molecular weight is 645 g/mol. The van der Waals surface area contributed by atoms with Gasteiger partial charge in [0.05, 0.1) is 0 Å². The maximum atomic E-state index is 2.71. The highest BCUT2D eigenvalue weighted by atomic mass is 14.6. The Morgan fingerprint density at radius 1 is 0.469 bits per heavy atom. The molecule has 0 aliphatic heterocycles. The van der Waals surface area contributed by atoms with Crippen LogP contribution in [0.25, 0.3) is 11.1 Å². The number of aryl methyl sites for hydroxylation is 2. The van der Waals surface area contributed by atoms with E-state index >= 15 is 0 Å². The quantitative estimate of drug-likeness (QED) is 0.207. The normalized spacial score (nSPS) is 21.3. The summed E-state index contributed by atoms with van der Waals surface area (Å²) in [5.74, 6) is 0.361. The van der Waals surface area contributed by atoms with E-state index < -0.39 is 0 Å². The van der Waals surface area contributed by atoms with Crippen molar-refractivity contribution < 1.29 is 0 Å². The first-order chi connectivity index (χ1) is 23.1. The maximum Gasteiger partial charge on any atom is 0.0409 e. The zero-order valence-corrected chi connectivity index (χ0v) is 31.7. The zero-order chi connectivity index (χ0) is 34.7. The molecule has 252 valence electrons. The van der Waals surface area contributed by atoms with Gasteiger partial charge in [-0.25, -0.2) is 0 Å². The van der Waals surface area contributed by atoms with Crippen LogP contribution in [0, 0.1) is 19.8 Å². The molecule has 0 bridgehead atoms. The van der Waals surface area contributed by atoms with Crippen molar-refractivity contribution in [3.8, 4) is 11.1 Å². The van der Waals surface area contributed by atoms with Crippen molar-refractivity contribution in [1.29, 1.82) is 0 Å². The molecule has 0 saturated carbocycles. The van der Waals surface area contributed by atoms with Crippen LogP contribution < -0.4 is 0 Å². The maximum absolute atomic E-state index is 2.71. The third kappa shape index (κ3) is 4.76. The van der Waals surface area contributed by atoms with Crippen molar-refractivity contribution in [2.45, 2.75) is 128 Å². The molecule has 0 atom stereocenters. The van der Waals surface area contributed by atoms with Crippen LogP contribution in [-0.2, 0) is 27.1 Å². The third-order valence-corrected chi connectivity index (χ3v) is 13.7. The van der Waals surface area contributed by atoms with Crippen LogP contribution in [0.15, 0.2) is 97.1 Å². The monoisotopic (exact) mass is 644 g/mol. The van der Waals surface area contributed by atoms with Gasteiger partial charge in [-0.05, 0) is 117 Å². The van der Waals surface area contributed by atoms with E-state index in [-0.39, 0.29) is 38.9 Å². The summed E-state index contributed by atoms with van der Waals surface area (Å²) in [6.45, 7) is 24.3. The first-order valence-electron chi connectivity index (χ1n) is 18.9. The lowest BCUT2D eigenvalue weighted by molar-refractivity contribution is 0.330. The number of allylic oxidation sites excluding steroid dienone is 4. The van der Waals surface area contributed by atoms with Gasteiger partial charge in [0.2, 0.25) is 0 Å². The lowest BCUT2D eigenvalue weighted by Crippen LogP contribution is -2.41. The van der Waals surface area contributed by atoms with Gasteiger partial charge in [-0.15, -0.1) is 0 Å². The smallest absolute Gasteiger partial charge is 0.0409 e. The summed E-state index contributed by atoms with van der Waals surface area (Å²) in [6, 6.07) is 29.9. The fraction of sp³-hybridized carbons (Fsp3) is 0.429. The lowest BCUT2D eigenvalue weighted by atomic mass is 9.55. The van der Waals surface area contributed by atoms with Crippen molar-refractivity contribution >= 4 is 0 Å². The van der Waals surface area contributed by atoms with Gasteiger partial charge in [0, 0.05) is 17.3 Å². The molecule has 0 nitrogen and oxygen atoms in total. The largest absolute Gasteiger partial charge is 0.0764 e. The molecular formula is C49H56. The van der Waals surface area contributed by atoms with Crippen LogP contribution in [0.4, 0.5) is 0 Å². The highest BCUT2D eigenvalue weighted by Gasteiger charge is 2.53. The van der Waals surface area contributed by atoms with Crippen LogP contribution in [-0.4, -0.2) is 0 Å². The van der Waals surface area contributed by atoms with E-state index in [1.54, 1.807) is 22.3 Å². The summed E-state index contributed by atoms with van der Waals surface area (Å²) in [7, 11) is 0. The van der Waals surface area contributed by atoms with E-state index in [0.29, 0.717) is 0 Å². The minimum absolute atomic E-state index is 0.131. The molecule has 0 amide bonds. The molecule has 0 aromatic heterocycles. The first kappa shape index (κ1) is 32.6. The minimum Gasteiger partial charge on any atom is -0.0764 e. The summed E-state index contributed by atoms with van der Waals surface area (Å²) in [4.78, 5) is 0. The molecule has 49 heavy (non-hydrogen) atoms. The molecule has 0 saturated heterocycles. The van der Waals surface area contributed by atoms with Crippen LogP contribution in [0.1, 0.15) is 143 Å². The lowest BCUT2D eigenvalue weighted by Gasteiger charge is -2.47. The predicted octanol–water partition coefficient (Wildman–Crippen LogP) is 12.8. The Kier molecular flexibility index (Phi) is 7.10. The van der Waals surface area contributed by atoms with Gasteiger partial charge in [0.15, 0.2) is 0 Å². The number of benzene rings is 4. The average Bonchev–Trinajstić information content (AvgIpc) is 3.70. The van der Waals surface area contributed by atoms with Gasteiger partial charge in [-0.2, -0.15) is 0 Å². The zero-order valence-electron chi connectivity index (χ0n) is 31.7. The van der Waals surface area contributed by atoms with Crippen molar-refractivity contribution in [1.82, 2.24) is 0 Å². The molecule has 0 N–H and O–H groups in total. The van der Waals surface area contributed by atoms with E-state index in [4.69, 9.17) is 0 Å². The summed E-state index contributed by atoms with van der Waals surface area (Å²) in [6.07, 6.45) is 14.4. The van der Waals surface area contributed by atoms with Crippen LogP contribution in [0.3, 0.4) is 0 Å². The molecule has 0 spiro atoms. The number of hydrogen-bond acceptors (Lipinski definition) is 0. The van der Waals surface area contributed by atoms with E-state index in [1.807, 2.05) is 0 Å². The number of hydrogen-bond donors (Lipinski definition) is 0. The molecule has 4 aliphatic carbocycles. The van der Waals surface area contributed by atoms with Gasteiger partial charge >= 0.3 is 0 Å². The summed E-state index contributed by atoms with van der Waals surface area (Å²) >= 11 is 0. The molecule has 0 heteroatoms. The Labute approximate surface area is 296 Å². The molecule has 0 heterocycles. The topological polar surface area (TPSA) is 0 Å². The Balaban J connectivity index is 1.55. The highest BCUT2D eigenvalue weighted by molar-refractivity contribution is 5.84. The molecule has 0 radical (unpaired) electrons. The summed E-state index contributed by atoms with van der Waals surface area (Å²) < 4.78 is 0. The Morgan fingerprint density at radius 2 is 0.796 bits per heavy atom. The highest BCUT2D eigenvalue weighted by Crippen LogP contribution is 2.63. The number of rotatable bonds is 4. The Morgan fingerprint density at radius 3 is 1.14 bits per heavy atom. The molecule has 0 fully saturated rings. The van der Waals surface area contributed by atoms with Crippen molar-refractivity contribution in [3.63, 3.8) is 0 Å². The van der Waals surface area contributed by atoms with Crippen LogP contribution in [0.2, 0.25) is 0 Å². The van der Waals surface area contributed by atoms with Gasteiger partial charge in [-0.1, -0.05) is 164 Å². The molecule has 4 aliphatic rings. The standard InChI is InChI=1S/C49H56/c1-31-15-19-34(20-16-31)49(33-13-11-12-14-33,35-21-17-32(2)18-22-35)44-38-29-42-40(45(3,4)23-25-47(42,7)8)27-36(38)37-28-41-43(30-39(37)44)48(9,10)26-24-46(41,5)6/h11-22,27-30,33,44H,23-26H2,1-10H3. The Hall–Kier alpha value is -3.64. The van der Waals surface area contributed by atoms with E-state index in [2.05, 4.69) is 166 Å². The first-order valence-corrected chi connectivity index (χ1v) is 18.9. The molecule has 4 aromatic rings. The third-order valence-electron chi connectivity index (χ3n) is 13.7. The molecule has 0 unspecified atom stereocenters.